The average molecular weight is 372 g/mol. The third-order valence-corrected chi connectivity index (χ3v) is 4.74. The highest BCUT2D eigenvalue weighted by molar-refractivity contribution is 7.80. The maximum absolute atomic E-state index is 10.8. The Morgan fingerprint density at radius 3 is 2.12 bits per heavy atom. The van der Waals surface area contributed by atoms with Gasteiger partial charge in [-0.2, -0.15) is 0 Å². The summed E-state index contributed by atoms with van der Waals surface area (Å²) < 4.78 is 0. The van der Waals surface area contributed by atoms with Crippen LogP contribution >= 0.6 is 12.2 Å². The molecule has 0 aliphatic carbocycles. The van der Waals surface area contributed by atoms with Crippen molar-refractivity contribution in [2.45, 2.75) is 45.7 Å². The van der Waals surface area contributed by atoms with E-state index < -0.39 is 4.92 Å². The number of non-ortho nitro benzene ring substituents is 1. The summed E-state index contributed by atoms with van der Waals surface area (Å²) in [5, 5.41) is 11.1. The SMILES string of the molecule is C[C@H](c1ccc([N+](=O)[O-])cc1)N(Cc1ccc(C(C)(C)C)cc1)C(N)=S. The largest absolute Gasteiger partial charge is 0.376 e. The molecule has 0 saturated heterocycles. The second-order valence-corrected chi connectivity index (χ2v) is 7.86. The topological polar surface area (TPSA) is 72.4 Å². The van der Waals surface area contributed by atoms with Crippen LogP contribution < -0.4 is 5.73 Å². The number of hydrogen-bond acceptors (Lipinski definition) is 3. The first-order valence-corrected chi connectivity index (χ1v) is 8.90. The van der Waals surface area contributed by atoms with E-state index in [9.17, 15) is 10.1 Å². The first kappa shape index (κ1) is 19.8. The molecule has 2 N–H and O–H groups in total. The van der Waals surface area contributed by atoms with E-state index >= 15 is 0 Å². The van der Waals surface area contributed by atoms with Crippen LogP contribution in [0.15, 0.2) is 48.5 Å². The molecule has 0 aromatic heterocycles. The van der Waals surface area contributed by atoms with Crippen molar-refractivity contribution in [3.63, 3.8) is 0 Å². The van der Waals surface area contributed by atoms with Crippen LogP contribution in [-0.2, 0) is 12.0 Å². The number of hydrogen-bond donors (Lipinski definition) is 1. The Balaban J connectivity index is 2.20. The third-order valence-electron chi connectivity index (χ3n) is 4.51. The molecule has 26 heavy (non-hydrogen) atoms. The van der Waals surface area contributed by atoms with Crippen molar-refractivity contribution in [2.75, 3.05) is 0 Å². The Labute approximate surface area is 160 Å². The summed E-state index contributed by atoms with van der Waals surface area (Å²) >= 11 is 5.24. The van der Waals surface area contributed by atoms with Crippen LogP contribution in [0.4, 0.5) is 5.69 Å². The molecule has 0 amide bonds. The lowest BCUT2D eigenvalue weighted by molar-refractivity contribution is -0.384. The number of benzene rings is 2. The summed E-state index contributed by atoms with van der Waals surface area (Å²) in [6.07, 6.45) is 0. The number of thiocarbonyl (C=S) groups is 1. The van der Waals surface area contributed by atoms with E-state index in [4.69, 9.17) is 18.0 Å². The molecule has 0 fully saturated rings. The molecule has 138 valence electrons. The Morgan fingerprint density at radius 2 is 1.69 bits per heavy atom. The van der Waals surface area contributed by atoms with E-state index in [2.05, 4.69) is 45.0 Å². The average Bonchev–Trinajstić information content (AvgIpc) is 2.58. The highest BCUT2D eigenvalue weighted by atomic mass is 32.1. The molecule has 0 bridgehead atoms. The van der Waals surface area contributed by atoms with Gasteiger partial charge in [-0.3, -0.25) is 10.1 Å². The summed E-state index contributed by atoms with van der Waals surface area (Å²) in [6.45, 7) is 9.11. The second kappa shape index (κ2) is 7.83. The van der Waals surface area contributed by atoms with Crippen molar-refractivity contribution >= 4 is 23.0 Å². The standard InChI is InChI=1S/C20H25N3O2S/c1-14(16-7-11-18(12-8-16)23(24)25)22(19(21)26)13-15-5-9-17(10-6-15)20(2,3)4/h5-12,14H,13H2,1-4H3,(H2,21,26)/t14-/m1/s1. The van der Waals surface area contributed by atoms with Crippen molar-refractivity contribution in [1.82, 2.24) is 4.90 Å². The van der Waals surface area contributed by atoms with Crippen LogP contribution in [0.1, 0.15) is 50.4 Å². The second-order valence-electron chi connectivity index (χ2n) is 7.44. The van der Waals surface area contributed by atoms with Crippen LogP contribution in [-0.4, -0.2) is 14.9 Å². The highest BCUT2D eigenvalue weighted by Crippen LogP contribution is 2.26. The molecule has 0 aliphatic heterocycles. The molecule has 5 nitrogen and oxygen atoms in total. The van der Waals surface area contributed by atoms with E-state index in [1.807, 2.05) is 11.8 Å². The van der Waals surface area contributed by atoms with Gasteiger partial charge >= 0.3 is 0 Å². The normalized spacial score (nSPS) is 12.5. The summed E-state index contributed by atoms with van der Waals surface area (Å²) in [4.78, 5) is 12.3. The maximum atomic E-state index is 10.8. The summed E-state index contributed by atoms with van der Waals surface area (Å²) in [6, 6.07) is 14.9. The van der Waals surface area contributed by atoms with Crippen LogP contribution in [0, 0.1) is 10.1 Å². The molecule has 0 saturated carbocycles. The Morgan fingerprint density at radius 1 is 1.15 bits per heavy atom. The lowest BCUT2D eigenvalue weighted by Gasteiger charge is -2.30. The van der Waals surface area contributed by atoms with Gasteiger partial charge in [0.2, 0.25) is 0 Å². The fourth-order valence-corrected chi connectivity index (χ4v) is 2.99. The van der Waals surface area contributed by atoms with Crippen molar-refractivity contribution < 1.29 is 4.92 Å². The smallest absolute Gasteiger partial charge is 0.269 e. The van der Waals surface area contributed by atoms with Crippen molar-refractivity contribution in [3.05, 3.63) is 75.3 Å². The van der Waals surface area contributed by atoms with Gasteiger partial charge in [0.15, 0.2) is 5.11 Å². The van der Waals surface area contributed by atoms with Gasteiger partial charge in [-0.05, 0) is 41.2 Å². The van der Waals surface area contributed by atoms with Gasteiger partial charge in [-0.15, -0.1) is 0 Å². The number of nitrogens with two attached hydrogens (primary N) is 1. The van der Waals surface area contributed by atoms with Gasteiger partial charge in [0, 0.05) is 18.7 Å². The van der Waals surface area contributed by atoms with Gasteiger partial charge in [-0.1, -0.05) is 57.2 Å². The minimum atomic E-state index is -0.406. The van der Waals surface area contributed by atoms with Crippen molar-refractivity contribution in [3.8, 4) is 0 Å². The third kappa shape index (κ3) is 4.79. The number of nitro benzene ring substituents is 1. The monoisotopic (exact) mass is 371 g/mol. The lowest BCUT2D eigenvalue weighted by Crippen LogP contribution is -2.37. The van der Waals surface area contributed by atoms with Gasteiger partial charge in [-0.25, -0.2) is 0 Å². The van der Waals surface area contributed by atoms with Gasteiger partial charge in [0.25, 0.3) is 5.69 Å². The van der Waals surface area contributed by atoms with Crippen molar-refractivity contribution in [1.29, 1.82) is 0 Å². The van der Waals surface area contributed by atoms with Crippen molar-refractivity contribution in [2.24, 2.45) is 5.73 Å². The van der Waals surface area contributed by atoms with E-state index in [-0.39, 0.29) is 17.1 Å². The molecular weight excluding hydrogens is 346 g/mol. The molecule has 0 radical (unpaired) electrons. The van der Waals surface area contributed by atoms with Crippen LogP contribution in [0.3, 0.4) is 0 Å². The number of nitrogens with zero attached hydrogens (tertiary/aromatic N) is 2. The molecule has 0 spiro atoms. The van der Waals surface area contributed by atoms with E-state index in [1.165, 1.54) is 17.7 Å². The first-order valence-electron chi connectivity index (χ1n) is 8.49. The zero-order chi connectivity index (χ0) is 19.5. The predicted octanol–water partition coefficient (Wildman–Crippen LogP) is 4.70. The molecule has 2 aromatic carbocycles. The van der Waals surface area contributed by atoms with Crippen LogP contribution in [0.2, 0.25) is 0 Å². The maximum Gasteiger partial charge on any atom is 0.269 e. The fraction of sp³-hybridized carbons (Fsp3) is 0.350. The van der Waals surface area contributed by atoms with E-state index in [1.54, 1.807) is 12.1 Å². The van der Waals surface area contributed by atoms with Gasteiger partial charge in [0.05, 0.1) is 11.0 Å². The Kier molecular flexibility index (Phi) is 5.97. The highest BCUT2D eigenvalue weighted by Gasteiger charge is 2.19. The molecule has 2 aromatic rings. The first-order chi connectivity index (χ1) is 12.1. The minimum absolute atomic E-state index is 0.0700. The summed E-state index contributed by atoms with van der Waals surface area (Å²) in [7, 11) is 0. The quantitative estimate of drug-likeness (QED) is 0.468. The minimum Gasteiger partial charge on any atom is -0.376 e. The summed E-state index contributed by atoms with van der Waals surface area (Å²) in [5.41, 5.74) is 9.43. The molecule has 0 aliphatic rings. The Hall–Kier alpha value is -2.47. The molecule has 6 heteroatoms. The molecule has 2 rings (SSSR count). The summed E-state index contributed by atoms with van der Waals surface area (Å²) in [5.74, 6) is 0. The lowest BCUT2D eigenvalue weighted by atomic mass is 9.86. The van der Waals surface area contributed by atoms with E-state index in [0.717, 1.165) is 11.1 Å². The molecule has 0 heterocycles. The molecular formula is C20H25N3O2S. The zero-order valence-corrected chi connectivity index (χ0v) is 16.4. The Bertz CT molecular complexity index is 780. The predicted molar refractivity (Wildman–Crippen MR) is 109 cm³/mol. The molecule has 1 atom stereocenters. The van der Waals surface area contributed by atoms with Gasteiger partial charge in [0.1, 0.15) is 0 Å². The zero-order valence-electron chi connectivity index (χ0n) is 15.6. The molecule has 0 unspecified atom stereocenters. The number of rotatable bonds is 5. The van der Waals surface area contributed by atoms with E-state index in [0.29, 0.717) is 11.7 Å². The van der Waals surface area contributed by atoms with Crippen LogP contribution in [0.25, 0.3) is 0 Å². The van der Waals surface area contributed by atoms with Crippen LogP contribution in [0.5, 0.6) is 0 Å². The van der Waals surface area contributed by atoms with Gasteiger partial charge < -0.3 is 10.6 Å². The number of nitro groups is 1. The fourth-order valence-electron chi connectivity index (χ4n) is 2.77.